The number of hydrogen-bond donors (Lipinski definition) is 5. The summed E-state index contributed by atoms with van der Waals surface area (Å²) in [5.74, 6) is -2.69. The van der Waals surface area contributed by atoms with Gasteiger partial charge in [-0.3, -0.25) is 23.3 Å². The summed E-state index contributed by atoms with van der Waals surface area (Å²) in [7, 11) is -8.49. The fourth-order valence-corrected chi connectivity index (χ4v) is 5.97. The molecule has 0 amide bonds. The van der Waals surface area contributed by atoms with Gasteiger partial charge in [-0.05, 0) is 42.5 Å². The lowest BCUT2D eigenvalue weighted by molar-refractivity contribution is 0.101. The number of phenols is 1. The summed E-state index contributed by atoms with van der Waals surface area (Å²) < 4.78 is 30.8. The van der Waals surface area contributed by atoms with Crippen LogP contribution in [0.15, 0.2) is 42.5 Å². The molecule has 3 heterocycles. The molecule has 0 bridgehead atoms. The molecule has 0 aliphatic carbocycles. The minimum atomic E-state index is -4.75. The number of benzene rings is 2. The number of aromatic nitrogens is 2. The Morgan fingerprint density at radius 3 is 2.28 bits per heavy atom. The molecule has 0 fully saturated rings. The first-order valence-corrected chi connectivity index (χ1v) is 15.5. The number of carbonyl (C=O) groups excluding carboxylic acids is 2. The number of fused-ring (bicyclic) bond motifs is 4. The second-order valence-corrected chi connectivity index (χ2v) is 13.6. The van der Waals surface area contributed by atoms with Gasteiger partial charge in [-0.15, -0.1) is 0 Å². The number of carbonyl (C=O) groups is 2. The molecule has 1 unspecified atom stereocenters. The van der Waals surface area contributed by atoms with Crippen molar-refractivity contribution < 1.29 is 43.2 Å². The van der Waals surface area contributed by atoms with Crippen LogP contribution in [-0.4, -0.2) is 47.6 Å². The highest BCUT2D eigenvalue weighted by atomic mass is 35.5. The Labute approximate surface area is 234 Å². The van der Waals surface area contributed by atoms with Gasteiger partial charge in [0, 0.05) is 12.0 Å². The van der Waals surface area contributed by atoms with Gasteiger partial charge in [0.15, 0.2) is 0 Å². The molecule has 1 aliphatic rings. The minimum Gasteiger partial charge on any atom is -0.507 e. The van der Waals surface area contributed by atoms with Crippen molar-refractivity contribution in [2.24, 2.45) is 0 Å². The van der Waals surface area contributed by atoms with Crippen molar-refractivity contribution in [3.05, 3.63) is 80.2 Å². The Balaban J connectivity index is 1.78. The molecule has 39 heavy (non-hydrogen) atoms. The van der Waals surface area contributed by atoms with Gasteiger partial charge in [0.05, 0.1) is 27.8 Å². The number of hydrogen-bond acceptors (Lipinski definition) is 6. The highest BCUT2D eigenvalue weighted by Crippen LogP contribution is 2.46. The van der Waals surface area contributed by atoms with E-state index in [1.165, 1.54) is 12.1 Å². The molecule has 0 spiro atoms. The number of H-pyrrole nitrogens is 1. The second kappa shape index (κ2) is 9.37. The zero-order chi connectivity index (χ0) is 28.6. The van der Waals surface area contributed by atoms with Gasteiger partial charge >= 0.3 is 7.60 Å². The molecule has 1 aliphatic heterocycles. The van der Waals surface area contributed by atoms with Crippen molar-refractivity contribution in [3.8, 4) is 23.1 Å². The number of nitrogens with one attached hydrogen (secondary N) is 1. The smallest absolute Gasteiger partial charge is 0.356 e. The van der Waals surface area contributed by atoms with Gasteiger partial charge in [0.1, 0.15) is 32.4 Å². The lowest BCUT2D eigenvalue weighted by Crippen LogP contribution is -2.18. The summed E-state index contributed by atoms with van der Waals surface area (Å²) >= 11 is 19.1. The van der Waals surface area contributed by atoms with Crippen LogP contribution >= 0.6 is 49.8 Å². The fourth-order valence-electron chi connectivity index (χ4n) is 4.07. The number of ketones is 2. The molecule has 11 nitrogen and oxygen atoms in total. The molecule has 4 aromatic rings. The number of phenolic OH excluding ortho intramolecular Hbond substituents is 1. The maximum Gasteiger partial charge on any atom is 0.356 e. The van der Waals surface area contributed by atoms with E-state index in [2.05, 4.69) is 4.98 Å². The summed E-state index contributed by atoms with van der Waals surface area (Å²) in [5.41, 5.74) is -0.927. The molecule has 16 heteroatoms. The summed E-state index contributed by atoms with van der Waals surface area (Å²) in [5, 5.41) is 9.50. The predicted molar refractivity (Wildman–Crippen MR) is 144 cm³/mol. The van der Waals surface area contributed by atoms with Gasteiger partial charge in [-0.1, -0.05) is 34.8 Å². The van der Waals surface area contributed by atoms with Crippen molar-refractivity contribution >= 4 is 71.9 Å². The highest BCUT2D eigenvalue weighted by molar-refractivity contribution is 7.65. The molecule has 2 aromatic carbocycles. The summed E-state index contributed by atoms with van der Waals surface area (Å²) in [6, 6.07) is 7.71. The van der Waals surface area contributed by atoms with E-state index in [-0.39, 0.29) is 60.3 Å². The summed E-state index contributed by atoms with van der Waals surface area (Å²) in [6.07, 6.45) is 0. The van der Waals surface area contributed by atoms with Gasteiger partial charge in [-0.25, -0.2) is 0 Å². The van der Waals surface area contributed by atoms with Crippen LogP contribution in [0, 0.1) is 0 Å². The molecular weight excluding hydrogens is 617 g/mol. The first-order valence-electron chi connectivity index (χ1n) is 10.7. The Bertz CT molecular complexity index is 1830. The van der Waals surface area contributed by atoms with Crippen molar-refractivity contribution in [1.29, 1.82) is 0 Å². The van der Waals surface area contributed by atoms with Crippen LogP contribution in [0.25, 0.3) is 5.69 Å². The van der Waals surface area contributed by atoms with Crippen molar-refractivity contribution in [2.75, 3.05) is 6.66 Å². The lowest BCUT2D eigenvalue weighted by atomic mass is 10.0. The SMILES string of the molecule is CP(=O)(O)c1ccc(C(=O)c2cc(Cl)c3n2-c2c([nH]c(Cl)c2Cl)C(=O)c2ccc(P(=O)(O)O)cc2O3)c(O)c1. The monoisotopic (exact) mass is 630 g/mol. The summed E-state index contributed by atoms with van der Waals surface area (Å²) in [4.78, 5) is 58.9. The number of nitrogens with zero attached hydrogens (tertiary/aromatic N) is 1. The first-order chi connectivity index (χ1) is 18.1. The Morgan fingerprint density at radius 2 is 1.67 bits per heavy atom. The van der Waals surface area contributed by atoms with E-state index in [1.54, 1.807) is 0 Å². The highest BCUT2D eigenvalue weighted by Gasteiger charge is 2.35. The van der Waals surface area contributed by atoms with Crippen LogP contribution in [0.1, 0.15) is 32.1 Å². The van der Waals surface area contributed by atoms with E-state index in [0.717, 1.165) is 41.6 Å². The van der Waals surface area contributed by atoms with E-state index in [9.17, 15) is 38.5 Å². The topological polar surface area (TPSA) is 179 Å². The first kappa shape index (κ1) is 27.7. The molecule has 0 saturated carbocycles. The maximum atomic E-state index is 13.7. The van der Waals surface area contributed by atoms with Crippen LogP contribution in [0.5, 0.6) is 17.4 Å². The molecule has 5 rings (SSSR count). The third-order valence-corrected chi connectivity index (χ3v) is 9.13. The molecule has 0 saturated heterocycles. The maximum absolute atomic E-state index is 13.7. The van der Waals surface area contributed by atoms with Crippen molar-refractivity contribution in [1.82, 2.24) is 9.55 Å². The van der Waals surface area contributed by atoms with Gasteiger partial charge < -0.3 is 29.5 Å². The Morgan fingerprint density at radius 1 is 1.00 bits per heavy atom. The molecule has 0 radical (unpaired) electrons. The quantitative estimate of drug-likeness (QED) is 0.142. The second-order valence-electron chi connectivity index (χ2n) is 8.56. The van der Waals surface area contributed by atoms with E-state index in [4.69, 9.17) is 39.5 Å². The molecule has 1 atom stereocenters. The third-order valence-electron chi connectivity index (χ3n) is 5.93. The van der Waals surface area contributed by atoms with E-state index >= 15 is 0 Å². The number of rotatable bonds is 4. The number of ether oxygens (including phenoxy) is 1. The molecule has 202 valence electrons. The van der Waals surface area contributed by atoms with Crippen LogP contribution in [0.4, 0.5) is 0 Å². The average Bonchev–Trinajstić information content (AvgIpc) is 3.31. The molecule has 2 aromatic heterocycles. The predicted octanol–water partition coefficient (Wildman–Crippen LogP) is 4.37. The van der Waals surface area contributed by atoms with Crippen LogP contribution < -0.4 is 15.3 Å². The van der Waals surface area contributed by atoms with Gasteiger partial charge in [0.2, 0.25) is 24.8 Å². The largest absolute Gasteiger partial charge is 0.507 e. The number of halogens is 3. The summed E-state index contributed by atoms with van der Waals surface area (Å²) in [6.45, 7) is 1.07. The average molecular weight is 632 g/mol. The third kappa shape index (κ3) is 4.65. The fraction of sp³-hybridized carbons (Fsp3) is 0.0435. The van der Waals surface area contributed by atoms with E-state index in [0.29, 0.717) is 0 Å². The van der Waals surface area contributed by atoms with Crippen LogP contribution in [0.3, 0.4) is 0 Å². The number of aromatic hydroxyl groups is 1. The Kier molecular flexibility index (Phi) is 6.66. The molecular formula is C23H15Cl3N2O9P2. The zero-order valence-corrected chi connectivity index (χ0v) is 23.4. The van der Waals surface area contributed by atoms with Gasteiger partial charge in [-0.2, -0.15) is 0 Å². The normalized spacial score (nSPS) is 14.4. The Hall–Kier alpha value is -2.85. The lowest BCUT2D eigenvalue weighted by Gasteiger charge is -2.20. The van der Waals surface area contributed by atoms with Crippen LogP contribution in [-0.2, 0) is 9.13 Å². The van der Waals surface area contributed by atoms with E-state index < -0.39 is 37.6 Å². The minimum absolute atomic E-state index is 0.0887. The van der Waals surface area contributed by atoms with Crippen molar-refractivity contribution in [2.45, 2.75) is 0 Å². The zero-order valence-electron chi connectivity index (χ0n) is 19.3. The van der Waals surface area contributed by atoms with Gasteiger partial charge in [0.25, 0.3) is 0 Å². The molecule has 5 N–H and O–H groups in total. The standard InChI is InChI=1S/C23H15Cl3N2O9P2/c1-38(32,33)9-2-4-11(15(29)6-9)20(30)14-8-13(24)23-28(14)19-17(25)22(26)27-18(19)21(31)12-5-3-10(39(34,35)36)7-16(12)37-23/h2-8,27,29H,1H3,(H,32,33)(H2,34,35,36). The number of aromatic amines is 1. The van der Waals surface area contributed by atoms with Crippen molar-refractivity contribution in [3.63, 3.8) is 0 Å². The van der Waals surface area contributed by atoms with Crippen LogP contribution in [0.2, 0.25) is 15.2 Å². The van der Waals surface area contributed by atoms with E-state index in [1.807, 2.05) is 0 Å².